The quantitative estimate of drug-likeness (QED) is 0.408. The van der Waals surface area contributed by atoms with E-state index in [1.54, 1.807) is 19.1 Å². The third-order valence-electron chi connectivity index (χ3n) is 6.04. The molecule has 0 N–H and O–H groups in total. The van der Waals surface area contributed by atoms with Gasteiger partial charge in [0.25, 0.3) is 5.91 Å². The first-order chi connectivity index (χ1) is 17.9. The molecule has 1 atom stereocenters. The SMILES string of the molecule is CC(SC1=N/C(=C/c2ccco2)C(=O)N1c1ccc(OC(F)F)cc1)C(=O)N1CCc2ccccc2C1. The monoisotopic (exact) mass is 523 g/mol. The van der Waals surface area contributed by atoms with E-state index in [0.29, 0.717) is 29.7 Å². The van der Waals surface area contributed by atoms with Gasteiger partial charge >= 0.3 is 6.61 Å². The minimum atomic E-state index is -2.96. The highest BCUT2D eigenvalue weighted by molar-refractivity contribution is 8.15. The van der Waals surface area contributed by atoms with Crippen LogP contribution in [0.5, 0.6) is 5.75 Å². The highest BCUT2D eigenvalue weighted by Gasteiger charge is 2.35. The lowest BCUT2D eigenvalue weighted by Crippen LogP contribution is -2.41. The number of benzene rings is 2. The van der Waals surface area contributed by atoms with Crippen LogP contribution in [0, 0.1) is 0 Å². The van der Waals surface area contributed by atoms with E-state index in [4.69, 9.17) is 4.42 Å². The van der Waals surface area contributed by atoms with Crippen LogP contribution >= 0.6 is 11.8 Å². The topological polar surface area (TPSA) is 75.4 Å². The Morgan fingerprint density at radius 2 is 1.86 bits per heavy atom. The molecule has 1 unspecified atom stereocenters. The molecule has 37 heavy (non-hydrogen) atoms. The summed E-state index contributed by atoms with van der Waals surface area (Å²) in [5, 5.41) is -0.215. The molecule has 190 valence electrons. The number of fused-ring (bicyclic) bond motifs is 1. The van der Waals surface area contributed by atoms with Crippen molar-refractivity contribution in [2.45, 2.75) is 31.8 Å². The molecule has 0 radical (unpaired) electrons. The lowest BCUT2D eigenvalue weighted by atomic mass is 10.00. The third kappa shape index (κ3) is 5.43. The van der Waals surface area contributed by atoms with E-state index in [0.717, 1.165) is 12.0 Å². The maximum Gasteiger partial charge on any atom is 0.387 e. The number of amidine groups is 1. The summed E-state index contributed by atoms with van der Waals surface area (Å²) in [7, 11) is 0. The van der Waals surface area contributed by atoms with Crippen LogP contribution in [0.4, 0.5) is 14.5 Å². The predicted molar refractivity (Wildman–Crippen MR) is 137 cm³/mol. The highest BCUT2D eigenvalue weighted by Crippen LogP contribution is 2.33. The van der Waals surface area contributed by atoms with E-state index < -0.39 is 17.8 Å². The van der Waals surface area contributed by atoms with E-state index in [9.17, 15) is 18.4 Å². The number of thioether (sulfide) groups is 1. The summed E-state index contributed by atoms with van der Waals surface area (Å²) in [5.41, 5.74) is 2.92. The molecule has 2 amide bonds. The van der Waals surface area contributed by atoms with Gasteiger partial charge in [-0.2, -0.15) is 8.78 Å². The van der Waals surface area contributed by atoms with Crippen LogP contribution in [0.15, 0.2) is 82.0 Å². The summed E-state index contributed by atoms with van der Waals surface area (Å²) in [6.07, 6.45) is 3.79. The van der Waals surface area contributed by atoms with Crippen molar-refractivity contribution in [3.63, 3.8) is 0 Å². The third-order valence-corrected chi connectivity index (χ3v) is 7.08. The van der Waals surface area contributed by atoms with Crippen molar-refractivity contribution in [3.05, 3.63) is 89.5 Å². The van der Waals surface area contributed by atoms with E-state index in [-0.39, 0.29) is 17.4 Å². The molecule has 5 rings (SSSR count). The van der Waals surface area contributed by atoms with Gasteiger partial charge in [0, 0.05) is 19.2 Å². The number of anilines is 1. The van der Waals surface area contributed by atoms with Crippen molar-refractivity contribution >= 4 is 40.5 Å². The molecule has 2 aliphatic heterocycles. The fourth-order valence-corrected chi connectivity index (χ4v) is 5.25. The first kappa shape index (κ1) is 24.8. The molecule has 3 aromatic rings. The van der Waals surface area contributed by atoms with Crippen LogP contribution in [0.2, 0.25) is 0 Å². The van der Waals surface area contributed by atoms with Crippen LogP contribution in [0.25, 0.3) is 6.08 Å². The number of rotatable bonds is 6. The lowest BCUT2D eigenvalue weighted by molar-refractivity contribution is -0.131. The Hall–Kier alpha value is -3.92. The minimum absolute atomic E-state index is 0.0307. The molecule has 0 saturated heterocycles. The maximum atomic E-state index is 13.3. The van der Waals surface area contributed by atoms with Gasteiger partial charge in [-0.15, -0.1) is 0 Å². The average Bonchev–Trinajstić information content (AvgIpc) is 3.51. The van der Waals surface area contributed by atoms with Crippen molar-refractivity contribution in [1.82, 2.24) is 4.90 Å². The number of nitrogens with zero attached hydrogens (tertiary/aromatic N) is 3. The van der Waals surface area contributed by atoms with Gasteiger partial charge in [0.15, 0.2) is 5.17 Å². The maximum absolute atomic E-state index is 13.3. The summed E-state index contributed by atoms with van der Waals surface area (Å²) in [6.45, 7) is -0.0228. The van der Waals surface area contributed by atoms with Gasteiger partial charge in [-0.3, -0.25) is 14.5 Å². The fraction of sp³-hybridized carbons (Fsp3) is 0.222. The second-order valence-electron chi connectivity index (χ2n) is 8.49. The number of aliphatic imine (C=N–C) groups is 1. The van der Waals surface area contributed by atoms with Crippen LogP contribution in [0.1, 0.15) is 23.8 Å². The molecule has 0 fully saturated rings. The van der Waals surface area contributed by atoms with E-state index in [1.165, 1.54) is 58.8 Å². The number of carbonyl (C=O) groups excluding carboxylic acids is 2. The lowest BCUT2D eigenvalue weighted by Gasteiger charge is -2.31. The van der Waals surface area contributed by atoms with Gasteiger partial charge in [0.2, 0.25) is 5.91 Å². The number of carbonyl (C=O) groups is 2. The summed E-state index contributed by atoms with van der Waals surface area (Å²) in [4.78, 5) is 34.4. The molecular weight excluding hydrogens is 500 g/mol. The number of hydrogen-bond donors (Lipinski definition) is 0. The molecule has 0 bridgehead atoms. The van der Waals surface area contributed by atoms with Gasteiger partial charge < -0.3 is 14.1 Å². The molecule has 10 heteroatoms. The Balaban J connectivity index is 1.38. The summed E-state index contributed by atoms with van der Waals surface area (Å²) in [5.74, 6) is -0.0568. The zero-order valence-electron chi connectivity index (χ0n) is 19.8. The molecule has 1 aromatic heterocycles. The second kappa shape index (κ2) is 10.6. The summed E-state index contributed by atoms with van der Waals surface area (Å²) < 4.78 is 34.9. The first-order valence-corrected chi connectivity index (χ1v) is 12.5. The standard InChI is InChI=1S/C27H23F2N3O4S/c1-17(24(33)31-13-12-18-5-2-3-6-19(18)16-31)37-27-30-23(15-22-7-4-14-35-22)25(34)32(27)20-8-10-21(11-9-20)36-26(28)29/h2-11,14-15,17,26H,12-13,16H2,1H3/b23-15+. The van der Waals surface area contributed by atoms with Gasteiger partial charge in [0.05, 0.1) is 17.2 Å². The van der Waals surface area contributed by atoms with Gasteiger partial charge in [-0.05, 0) is 60.9 Å². The van der Waals surface area contributed by atoms with Gasteiger partial charge in [-0.25, -0.2) is 4.99 Å². The Kier molecular flexibility index (Phi) is 7.09. The molecule has 0 spiro atoms. The van der Waals surface area contributed by atoms with E-state index in [1.807, 2.05) is 23.1 Å². The van der Waals surface area contributed by atoms with E-state index in [2.05, 4.69) is 15.8 Å². The number of alkyl halides is 2. The van der Waals surface area contributed by atoms with Crippen LogP contribution in [-0.4, -0.2) is 40.3 Å². The molecule has 0 aliphatic carbocycles. The molecule has 2 aromatic carbocycles. The Labute approximate surface area is 216 Å². The fourth-order valence-electron chi connectivity index (χ4n) is 4.24. The van der Waals surface area contributed by atoms with Crippen LogP contribution < -0.4 is 9.64 Å². The van der Waals surface area contributed by atoms with Crippen LogP contribution in [0.3, 0.4) is 0 Å². The molecule has 7 nitrogen and oxygen atoms in total. The van der Waals surface area contributed by atoms with Crippen molar-refractivity contribution in [2.75, 3.05) is 11.4 Å². The number of ether oxygens (including phenoxy) is 1. The zero-order chi connectivity index (χ0) is 25.9. The zero-order valence-corrected chi connectivity index (χ0v) is 20.7. The number of furan rings is 1. The van der Waals surface area contributed by atoms with Crippen molar-refractivity contribution in [2.24, 2.45) is 4.99 Å². The predicted octanol–water partition coefficient (Wildman–Crippen LogP) is 5.33. The van der Waals surface area contributed by atoms with Gasteiger partial charge in [-0.1, -0.05) is 36.0 Å². The van der Waals surface area contributed by atoms with Gasteiger partial charge in [0.1, 0.15) is 17.2 Å². The van der Waals surface area contributed by atoms with Crippen molar-refractivity contribution < 1.29 is 27.5 Å². The molecule has 2 aliphatic rings. The minimum Gasteiger partial charge on any atom is -0.465 e. The Bertz CT molecular complexity index is 1360. The number of hydrogen-bond acceptors (Lipinski definition) is 6. The number of amides is 2. The van der Waals surface area contributed by atoms with Crippen molar-refractivity contribution in [3.8, 4) is 5.75 Å². The Morgan fingerprint density at radius 3 is 2.57 bits per heavy atom. The summed E-state index contributed by atoms with van der Waals surface area (Å²) in [6, 6.07) is 17.2. The number of halogens is 2. The largest absolute Gasteiger partial charge is 0.465 e. The van der Waals surface area contributed by atoms with Crippen molar-refractivity contribution in [1.29, 1.82) is 0 Å². The summed E-state index contributed by atoms with van der Waals surface area (Å²) >= 11 is 1.17. The molecular formula is C27H23F2N3O4S. The molecule has 0 saturated carbocycles. The highest BCUT2D eigenvalue weighted by atomic mass is 32.2. The average molecular weight is 524 g/mol. The smallest absolute Gasteiger partial charge is 0.387 e. The first-order valence-electron chi connectivity index (χ1n) is 11.6. The second-order valence-corrected chi connectivity index (χ2v) is 9.80. The van der Waals surface area contributed by atoms with Crippen LogP contribution in [-0.2, 0) is 22.6 Å². The van der Waals surface area contributed by atoms with E-state index >= 15 is 0 Å². The Morgan fingerprint density at radius 1 is 1.11 bits per heavy atom. The molecule has 3 heterocycles. The normalized spacial score (nSPS) is 17.2.